The van der Waals surface area contributed by atoms with Crippen molar-refractivity contribution in [1.29, 1.82) is 0 Å². The van der Waals surface area contributed by atoms with Gasteiger partial charge in [-0.05, 0) is 103 Å². The van der Waals surface area contributed by atoms with E-state index in [4.69, 9.17) is 4.42 Å². The second-order valence-corrected chi connectivity index (χ2v) is 17.1. The van der Waals surface area contributed by atoms with E-state index >= 15 is 0 Å². The lowest BCUT2D eigenvalue weighted by Crippen LogP contribution is -2.36. The van der Waals surface area contributed by atoms with Crippen molar-refractivity contribution in [3.05, 3.63) is 217 Å². The van der Waals surface area contributed by atoms with Crippen LogP contribution in [0.3, 0.4) is 0 Å². The molecule has 0 saturated heterocycles. The van der Waals surface area contributed by atoms with Gasteiger partial charge in [0.25, 0.3) is 0 Å². The molecule has 0 aliphatic carbocycles. The molecule has 62 heavy (non-hydrogen) atoms. The zero-order valence-corrected chi connectivity index (χ0v) is 34.2. The molecule has 2 heterocycles. The van der Waals surface area contributed by atoms with Gasteiger partial charge >= 0.3 is 0 Å². The molecular weight excluding hydrogens is 749 g/mol. The minimum atomic E-state index is 0.504. The highest BCUT2D eigenvalue weighted by atomic mass is 16.3. The van der Waals surface area contributed by atoms with Crippen molar-refractivity contribution in [2.24, 2.45) is 0 Å². The van der Waals surface area contributed by atoms with Gasteiger partial charge in [0.15, 0.2) is 6.71 Å². The number of hydrogen-bond donors (Lipinski definition) is 0. The molecule has 0 radical (unpaired) electrons. The van der Waals surface area contributed by atoms with Gasteiger partial charge in [-0.2, -0.15) is 0 Å². The average molecular weight is 790 g/mol. The average Bonchev–Trinajstić information content (AvgIpc) is 3.71. The minimum Gasteiger partial charge on any atom is -0.456 e. The molecule has 0 bridgehead atoms. The van der Waals surface area contributed by atoms with Crippen molar-refractivity contribution in [1.82, 2.24) is 0 Å². The summed E-state index contributed by atoms with van der Waals surface area (Å²) in [6.45, 7) is 0.504. The fraction of sp³-hybridized carbons (Fsp3) is 0.0508. The van der Waals surface area contributed by atoms with E-state index < -0.39 is 0 Å². The Morgan fingerprint density at radius 1 is 0.419 bits per heavy atom. The van der Waals surface area contributed by atoms with Gasteiger partial charge < -0.3 is 9.32 Å². The molecule has 1 aromatic heterocycles. The Balaban J connectivity index is 1.13. The molecule has 0 unspecified atom stereocenters. The van der Waals surface area contributed by atoms with E-state index in [0.717, 1.165) is 58.1 Å². The van der Waals surface area contributed by atoms with Crippen LogP contribution in [0.4, 0.5) is 17.1 Å². The van der Waals surface area contributed by atoms with Crippen molar-refractivity contribution in [2.75, 3.05) is 4.90 Å². The normalized spacial score (nSPS) is 12.9. The molecule has 1 aliphatic heterocycles. The topological polar surface area (TPSA) is 16.4 Å². The Bertz CT molecular complexity index is 3660. The van der Waals surface area contributed by atoms with Crippen molar-refractivity contribution in [2.45, 2.75) is 19.1 Å². The van der Waals surface area contributed by atoms with Crippen LogP contribution in [0.25, 0.3) is 87.3 Å². The van der Waals surface area contributed by atoms with Crippen LogP contribution >= 0.6 is 0 Å². The summed E-state index contributed by atoms with van der Waals surface area (Å²) in [7, 11) is 0. The molecule has 13 rings (SSSR count). The first kappa shape index (κ1) is 35.2. The highest BCUT2D eigenvalue weighted by Crippen LogP contribution is 2.51. The Morgan fingerprint density at radius 3 is 1.89 bits per heavy atom. The van der Waals surface area contributed by atoms with Crippen LogP contribution in [-0.2, 0) is 12.7 Å². The predicted molar refractivity (Wildman–Crippen MR) is 265 cm³/mol. The lowest BCUT2D eigenvalue weighted by Gasteiger charge is -2.31. The first-order valence-corrected chi connectivity index (χ1v) is 21.9. The molecule has 1 aliphatic rings. The Labute approximate surface area is 360 Å². The zero-order valence-electron chi connectivity index (χ0n) is 34.2. The quantitative estimate of drug-likeness (QED) is 0.0948. The predicted octanol–water partition coefficient (Wildman–Crippen LogP) is 15.5. The molecule has 0 fully saturated rings. The van der Waals surface area contributed by atoms with E-state index in [9.17, 15) is 0 Å². The summed E-state index contributed by atoms with van der Waals surface area (Å²) in [5.41, 5.74) is 14.3. The van der Waals surface area contributed by atoms with Crippen LogP contribution < -0.4 is 10.4 Å². The first-order chi connectivity index (χ1) is 30.7. The second kappa shape index (κ2) is 14.0. The van der Waals surface area contributed by atoms with Crippen molar-refractivity contribution < 1.29 is 4.42 Å². The number of anilines is 3. The lowest BCUT2D eigenvalue weighted by molar-refractivity contribution is 0.669. The van der Waals surface area contributed by atoms with Crippen LogP contribution in [0.15, 0.2) is 211 Å². The standard InChI is InChI=1S/C59H40BNO/c1-3-13-38(14-4-1)39-27-30-44(31-28-39)61(53-32-29-41-17-10-24-49-48-23-9-15-40-16-11-25-50(57(40)48)59(53)58(41)49)54-36-56-52(47-21-7-8-26-55(47)62-56)35-51(54)46-22-12-18-42-37-60(34-33-45(42)46)43-19-5-2-6-20-43/h1-32,35-36H,33-34,37H2. The molecule has 3 heteroatoms. The van der Waals surface area contributed by atoms with E-state index in [-0.39, 0.29) is 0 Å². The van der Waals surface area contributed by atoms with E-state index in [2.05, 4.69) is 211 Å². The molecule has 2 nitrogen and oxygen atoms in total. The monoisotopic (exact) mass is 789 g/mol. The number of nitrogens with zero attached hydrogens (tertiary/aromatic N) is 1. The molecule has 0 saturated carbocycles. The van der Waals surface area contributed by atoms with Crippen molar-refractivity contribution >= 4 is 94.3 Å². The molecule has 0 spiro atoms. The number of benzene rings is 11. The van der Waals surface area contributed by atoms with Gasteiger partial charge in [0.2, 0.25) is 0 Å². The lowest BCUT2D eigenvalue weighted by atomic mass is 9.37. The number of rotatable bonds is 6. The summed E-state index contributed by atoms with van der Waals surface area (Å²) in [4.78, 5) is 2.53. The molecule has 12 aromatic rings. The van der Waals surface area contributed by atoms with Gasteiger partial charge in [0.05, 0.1) is 11.4 Å². The number of fused-ring (bicyclic) bond motifs is 6. The maximum Gasteiger partial charge on any atom is 0.180 e. The summed E-state index contributed by atoms with van der Waals surface area (Å²) >= 11 is 0. The fourth-order valence-electron chi connectivity index (χ4n) is 10.9. The third-order valence-corrected chi connectivity index (χ3v) is 13.7. The fourth-order valence-corrected chi connectivity index (χ4v) is 10.9. The third-order valence-electron chi connectivity index (χ3n) is 13.7. The van der Waals surface area contributed by atoms with Gasteiger partial charge in [-0.1, -0.05) is 187 Å². The van der Waals surface area contributed by atoms with Crippen LogP contribution in [0, 0.1) is 0 Å². The van der Waals surface area contributed by atoms with Gasteiger partial charge in [-0.25, -0.2) is 0 Å². The highest BCUT2D eigenvalue weighted by molar-refractivity contribution is 6.73. The smallest absolute Gasteiger partial charge is 0.180 e. The van der Waals surface area contributed by atoms with Crippen LogP contribution in [0.1, 0.15) is 11.1 Å². The molecule has 0 amide bonds. The van der Waals surface area contributed by atoms with Gasteiger partial charge in [0, 0.05) is 33.5 Å². The third kappa shape index (κ3) is 5.44. The molecule has 11 aromatic carbocycles. The number of para-hydroxylation sites is 1. The van der Waals surface area contributed by atoms with E-state index in [0.29, 0.717) is 6.71 Å². The van der Waals surface area contributed by atoms with E-state index in [1.807, 2.05) is 0 Å². The highest BCUT2D eigenvalue weighted by Gasteiger charge is 2.29. The summed E-state index contributed by atoms with van der Waals surface area (Å²) in [5, 5.41) is 12.5. The minimum absolute atomic E-state index is 0.504. The maximum atomic E-state index is 6.78. The SMILES string of the molecule is c1ccc(B2CCc3c(cccc3-c3cc4c(cc3N(c3ccc(-c5ccccc5)cc3)c3ccc5cccc6c7cccc8cccc(c3c56)c87)oc3ccccc34)C2)cc1. The summed E-state index contributed by atoms with van der Waals surface area (Å²) < 4.78 is 6.78. The van der Waals surface area contributed by atoms with E-state index in [1.165, 1.54) is 81.9 Å². The number of furan rings is 1. The Kier molecular flexibility index (Phi) is 7.93. The number of hydrogen-bond acceptors (Lipinski definition) is 2. The maximum absolute atomic E-state index is 6.78. The van der Waals surface area contributed by atoms with Gasteiger partial charge in [-0.3, -0.25) is 0 Å². The second-order valence-electron chi connectivity index (χ2n) is 17.1. The zero-order chi connectivity index (χ0) is 40.7. The molecular formula is C59H40BNO. The molecule has 290 valence electrons. The summed E-state index contributed by atoms with van der Waals surface area (Å²) in [6.07, 6.45) is 3.17. The van der Waals surface area contributed by atoms with Crippen LogP contribution in [-0.4, -0.2) is 6.71 Å². The van der Waals surface area contributed by atoms with Gasteiger partial charge in [0.1, 0.15) is 11.2 Å². The molecule has 0 atom stereocenters. The Hall–Kier alpha value is -7.62. The first-order valence-electron chi connectivity index (χ1n) is 21.9. The Morgan fingerprint density at radius 2 is 1.08 bits per heavy atom. The van der Waals surface area contributed by atoms with Crippen LogP contribution in [0.5, 0.6) is 0 Å². The van der Waals surface area contributed by atoms with Crippen molar-refractivity contribution in [3.63, 3.8) is 0 Å². The van der Waals surface area contributed by atoms with Crippen molar-refractivity contribution in [3.8, 4) is 22.3 Å². The van der Waals surface area contributed by atoms with Crippen LogP contribution in [0.2, 0.25) is 6.32 Å². The summed E-state index contributed by atoms with van der Waals surface area (Å²) in [6, 6.07) is 76.2. The molecule has 0 N–H and O–H groups in total. The van der Waals surface area contributed by atoms with E-state index in [1.54, 1.807) is 0 Å². The summed E-state index contributed by atoms with van der Waals surface area (Å²) in [5.74, 6) is 0. The largest absolute Gasteiger partial charge is 0.456 e. The van der Waals surface area contributed by atoms with Gasteiger partial charge in [-0.15, -0.1) is 0 Å².